The molecule has 5 rings (SSSR count). The Morgan fingerprint density at radius 1 is 1.16 bits per heavy atom. The zero-order chi connectivity index (χ0) is 22.3. The first-order valence-corrected chi connectivity index (χ1v) is 13.3. The second-order valence-corrected chi connectivity index (χ2v) is 11.4. The van der Waals surface area contributed by atoms with Crippen LogP contribution in [0.15, 0.2) is 28.6 Å². The van der Waals surface area contributed by atoms with Crippen LogP contribution in [0.4, 0.5) is 0 Å². The highest BCUT2D eigenvalue weighted by Gasteiger charge is 2.48. The summed E-state index contributed by atoms with van der Waals surface area (Å²) in [4.78, 5) is 17.6. The summed E-state index contributed by atoms with van der Waals surface area (Å²) in [5.41, 5.74) is 3.65. The highest BCUT2D eigenvalue weighted by molar-refractivity contribution is 7.92. The van der Waals surface area contributed by atoms with Crippen molar-refractivity contribution in [1.82, 2.24) is 9.62 Å². The first-order valence-electron chi connectivity index (χ1n) is 11.8. The maximum Gasteiger partial charge on any atom is 0.253 e. The smallest absolute Gasteiger partial charge is 0.253 e. The van der Waals surface area contributed by atoms with E-state index in [9.17, 15) is 13.2 Å². The number of aryl methyl sites for hydroxylation is 1. The third kappa shape index (κ3) is 3.97. The second-order valence-electron chi connectivity index (χ2n) is 9.58. The molecular formula is C25H31N3O3S. The predicted molar refractivity (Wildman–Crippen MR) is 128 cm³/mol. The number of benzene rings is 1. The zero-order valence-electron chi connectivity index (χ0n) is 18.6. The molecule has 0 radical (unpaired) electrons. The Bertz CT molecular complexity index is 1120. The maximum absolute atomic E-state index is 13.0. The zero-order valence-corrected chi connectivity index (χ0v) is 19.5. The van der Waals surface area contributed by atoms with Crippen molar-refractivity contribution in [2.45, 2.75) is 63.8 Å². The van der Waals surface area contributed by atoms with Gasteiger partial charge in [0.15, 0.2) is 0 Å². The molecule has 1 N–H and O–H groups in total. The van der Waals surface area contributed by atoms with Gasteiger partial charge in [-0.1, -0.05) is 37.5 Å². The van der Waals surface area contributed by atoms with Crippen molar-refractivity contribution in [2.24, 2.45) is 10.9 Å². The number of hydrogen-bond donors (Lipinski definition) is 1. The lowest BCUT2D eigenvalue weighted by atomic mass is 9.88. The van der Waals surface area contributed by atoms with Gasteiger partial charge in [0.25, 0.3) is 5.91 Å². The van der Waals surface area contributed by atoms with Gasteiger partial charge in [-0.05, 0) is 73.4 Å². The lowest BCUT2D eigenvalue weighted by molar-refractivity contribution is -0.124. The molecule has 1 saturated carbocycles. The Kier molecular flexibility index (Phi) is 5.58. The minimum atomic E-state index is -3.56. The van der Waals surface area contributed by atoms with Crippen molar-refractivity contribution in [3.05, 3.63) is 45.9 Å². The van der Waals surface area contributed by atoms with Crippen LogP contribution in [-0.2, 0) is 21.2 Å². The molecule has 1 amide bonds. The second kappa shape index (κ2) is 8.27. The molecule has 0 atom stereocenters. The van der Waals surface area contributed by atoms with E-state index in [2.05, 4.69) is 29.6 Å². The third-order valence-corrected chi connectivity index (χ3v) is 9.05. The van der Waals surface area contributed by atoms with Gasteiger partial charge in [0.2, 0.25) is 10.0 Å². The average Bonchev–Trinajstić information content (AvgIpc) is 3.37. The van der Waals surface area contributed by atoms with Crippen LogP contribution in [0, 0.1) is 12.8 Å². The first kappa shape index (κ1) is 21.6. The van der Waals surface area contributed by atoms with E-state index < -0.39 is 15.6 Å². The highest BCUT2D eigenvalue weighted by atomic mass is 32.2. The van der Waals surface area contributed by atoms with Crippen molar-refractivity contribution in [3.8, 4) is 0 Å². The Morgan fingerprint density at radius 3 is 2.66 bits per heavy atom. The number of nitrogens with zero attached hydrogens (tertiary/aromatic N) is 2. The van der Waals surface area contributed by atoms with Crippen LogP contribution in [0.2, 0.25) is 0 Å². The summed E-state index contributed by atoms with van der Waals surface area (Å²) < 4.78 is 27.5. The molecule has 0 aromatic heterocycles. The number of amidine groups is 1. The first-order chi connectivity index (χ1) is 15.4. The number of carbonyl (C=O) groups excluding carboxylic acids is 1. The van der Waals surface area contributed by atoms with Crippen LogP contribution in [0.25, 0.3) is 12.2 Å². The van der Waals surface area contributed by atoms with Crippen molar-refractivity contribution in [3.63, 3.8) is 0 Å². The molecule has 2 aliphatic heterocycles. The van der Waals surface area contributed by atoms with Gasteiger partial charge in [0.05, 0.1) is 0 Å². The molecule has 170 valence electrons. The number of carbonyl (C=O) groups is 1. The molecule has 1 spiro atoms. The summed E-state index contributed by atoms with van der Waals surface area (Å²) in [6, 6.07) is 4.18. The van der Waals surface area contributed by atoms with Gasteiger partial charge in [-0.3, -0.25) is 9.79 Å². The summed E-state index contributed by atoms with van der Waals surface area (Å²) in [5.74, 6) is 1.14. The topological polar surface area (TPSA) is 78.8 Å². The Balaban J connectivity index is 1.27. The minimum absolute atomic E-state index is 0.0486. The number of nitrogens with one attached hydrogen (secondary N) is 1. The van der Waals surface area contributed by atoms with Crippen molar-refractivity contribution >= 4 is 33.9 Å². The Hall–Kier alpha value is -2.25. The summed E-state index contributed by atoms with van der Waals surface area (Å²) in [6.07, 6.45) is 13.5. The lowest BCUT2D eigenvalue weighted by Gasteiger charge is -2.34. The number of hydrogen-bond acceptors (Lipinski definition) is 4. The average molecular weight is 454 g/mol. The van der Waals surface area contributed by atoms with E-state index in [0.29, 0.717) is 31.8 Å². The summed E-state index contributed by atoms with van der Waals surface area (Å²) in [5, 5.41) is 4.34. The summed E-state index contributed by atoms with van der Waals surface area (Å²) >= 11 is 0. The van der Waals surface area contributed by atoms with Gasteiger partial charge in [0, 0.05) is 24.4 Å². The molecule has 4 aliphatic rings. The van der Waals surface area contributed by atoms with Crippen molar-refractivity contribution < 1.29 is 13.2 Å². The molecule has 2 heterocycles. The molecule has 1 saturated heterocycles. The summed E-state index contributed by atoms with van der Waals surface area (Å²) in [7, 11) is -3.56. The molecule has 2 aliphatic carbocycles. The number of fused-ring (bicyclic) bond motifs is 1. The lowest BCUT2D eigenvalue weighted by Crippen LogP contribution is -2.50. The van der Waals surface area contributed by atoms with Gasteiger partial charge < -0.3 is 5.32 Å². The molecule has 2 fully saturated rings. The molecule has 32 heavy (non-hydrogen) atoms. The van der Waals surface area contributed by atoms with Gasteiger partial charge in [0.1, 0.15) is 11.4 Å². The van der Waals surface area contributed by atoms with Crippen LogP contribution < -0.4 is 5.32 Å². The van der Waals surface area contributed by atoms with Crippen molar-refractivity contribution in [2.75, 3.05) is 13.1 Å². The fourth-order valence-electron chi connectivity index (χ4n) is 5.43. The maximum atomic E-state index is 13.0. The number of rotatable bonds is 4. The van der Waals surface area contributed by atoms with Gasteiger partial charge in [-0.15, -0.1) is 0 Å². The molecule has 1 aromatic carbocycles. The fraction of sp³-hybridized carbons (Fsp3) is 0.520. The van der Waals surface area contributed by atoms with Gasteiger partial charge in [-0.25, -0.2) is 8.42 Å². The van der Waals surface area contributed by atoms with E-state index in [1.54, 1.807) is 6.08 Å². The largest absolute Gasteiger partial charge is 0.312 e. The van der Waals surface area contributed by atoms with E-state index in [1.165, 1.54) is 34.5 Å². The highest BCUT2D eigenvalue weighted by Crippen LogP contribution is 2.35. The predicted octanol–water partition coefficient (Wildman–Crippen LogP) is 3.81. The van der Waals surface area contributed by atoms with Crippen LogP contribution in [0.1, 0.15) is 67.2 Å². The van der Waals surface area contributed by atoms with E-state index in [0.717, 1.165) is 41.8 Å². The molecule has 6 nitrogen and oxygen atoms in total. The van der Waals surface area contributed by atoms with Crippen LogP contribution in [0.5, 0.6) is 0 Å². The van der Waals surface area contributed by atoms with E-state index in [1.807, 2.05) is 6.92 Å². The van der Waals surface area contributed by atoms with Crippen molar-refractivity contribution in [1.29, 1.82) is 0 Å². The molecule has 7 heteroatoms. The SMILES string of the molecule is Cc1cc2c(cc1/C=C/S(=O)(=O)N1CCC3(CC1)N=C(C1CCCCC1)NC3=O)C=CC2. The molecule has 0 bridgehead atoms. The standard InChI is InChI=1S/C25H31N3O3S/c1-18-16-21-8-5-9-22(21)17-20(18)10-15-32(30,31)28-13-11-25(12-14-28)24(29)26-23(27-25)19-6-3-2-4-7-19/h5,9-10,15-17,19H,2-4,6-8,11-14H2,1H3,(H,26,27,29)/b15-10+. The number of piperidine rings is 1. The Labute approximate surface area is 190 Å². The number of amides is 1. The molecule has 0 unspecified atom stereocenters. The summed E-state index contributed by atoms with van der Waals surface area (Å²) in [6.45, 7) is 2.64. The minimum Gasteiger partial charge on any atom is -0.312 e. The fourth-order valence-corrected chi connectivity index (χ4v) is 6.61. The van der Waals surface area contributed by atoms with Crippen LogP contribution in [0.3, 0.4) is 0 Å². The van der Waals surface area contributed by atoms with Gasteiger partial charge in [-0.2, -0.15) is 4.31 Å². The van der Waals surface area contributed by atoms with Gasteiger partial charge >= 0.3 is 0 Å². The van der Waals surface area contributed by atoms with Crippen LogP contribution >= 0.6 is 0 Å². The number of sulfonamides is 1. The third-order valence-electron chi connectivity index (χ3n) is 7.48. The van der Waals surface area contributed by atoms with Crippen LogP contribution in [-0.4, -0.2) is 43.1 Å². The molecular weight excluding hydrogens is 422 g/mol. The quantitative estimate of drug-likeness (QED) is 0.753. The van der Waals surface area contributed by atoms with E-state index >= 15 is 0 Å². The van der Waals surface area contributed by atoms with E-state index in [4.69, 9.17) is 4.99 Å². The number of allylic oxidation sites excluding steroid dienone is 1. The molecule has 1 aromatic rings. The normalized spacial score (nSPS) is 23.7. The Morgan fingerprint density at radius 2 is 1.91 bits per heavy atom. The monoisotopic (exact) mass is 453 g/mol. The van der Waals surface area contributed by atoms with E-state index in [-0.39, 0.29) is 5.91 Å². The number of aliphatic imine (C=N–C) groups is 1.